The standard InChI is InChI=1S/C14H10F2N2O4S2/c1-8-2-3-9(7-17)6-11(8)24(20,21)18-13(19)12-10(4-5-23-12)22-14(15)16/h2-6,14H,1H3,(H,18,19). The first kappa shape index (κ1) is 17.8. The molecule has 126 valence electrons. The largest absolute Gasteiger partial charge is 0.433 e. The summed E-state index contributed by atoms with van der Waals surface area (Å²) in [4.78, 5) is 11.5. The van der Waals surface area contributed by atoms with Crippen LogP contribution in [0.5, 0.6) is 5.75 Å². The summed E-state index contributed by atoms with van der Waals surface area (Å²) in [6.45, 7) is -1.64. The van der Waals surface area contributed by atoms with E-state index in [4.69, 9.17) is 5.26 Å². The summed E-state index contributed by atoms with van der Waals surface area (Å²) < 4.78 is 55.2. The molecule has 0 saturated heterocycles. The number of carbonyl (C=O) groups is 1. The van der Waals surface area contributed by atoms with E-state index in [9.17, 15) is 22.0 Å². The van der Waals surface area contributed by atoms with Gasteiger partial charge in [0.25, 0.3) is 15.9 Å². The average Bonchev–Trinajstić information content (AvgIpc) is 2.94. The molecular formula is C14H10F2N2O4S2. The minimum absolute atomic E-state index is 0.103. The number of thiophene rings is 1. The van der Waals surface area contributed by atoms with Gasteiger partial charge in [-0.1, -0.05) is 6.07 Å². The summed E-state index contributed by atoms with van der Waals surface area (Å²) in [5, 5.41) is 10.2. The number of alkyl halides is 2. The number of sulfonamides is 1. The van der Waals surface area contributed by atoms with E-state index in [1.54, 1.807) is 10.8 Å². The van der Waals surface area contributed by atoms with Crippen LogP contribution in [0.15, 0.2) is 34.5 Å². The highest BCUT2D eigenvalue weighted by molar-refractivity contribution is 7.90. The Kier molecular flexibility index (Phi) is 5.16. The number of aryl methyl sites for hydroxylation is 1. The van der Waals surface area contributed by atoms with Crippen LogP contribution in [0.25, 0.3) is 0 Å². The van der Waals surface area contributed by atoms with Crippen molar-refractivity contribution in [1.82, 2.24) is 4.72 Å². The topological polar surface area (TPSA) is 96.3 Å². The fourth-order valence-electron chi connectivity index (χ4n) is 1.83. The van der Waals surface area contributed by atoms with E-state index in [2.05, 4.69) is 4.74 Å². The molecule has 0 bridgehead atoms. The Bertz CT molecular complexity index is 917. The summed E-state index contributed by atoms with van der Waals surface area (Å²) in [7, 11) is -4.28. The zero-order chi connectivity index (χ0) is 17.9. The van der Waals surface area contributed by atoms with Crippen molar-refractivity contribution in [2.75, 3.05) is 0 Å². The lowest BCUT2D eigenvalue weighted by atomic mass is 10.2. The second kappa shape index (κ2) is 6.94. The minimum atomic E-state index is -4.28. The zero-order valence-electron chi connectivity index (χ0n) is 12.1. The van der Waals surface area contributed by atoms with E-state index >= 15 is 0 Å². The monoisotopic (exact) mass is 372 g/mol. The van der Waals surface area contributed by atoms with E-state index in [1.807, 2.05) is 0 Å². The number of nitriles is 1. The molecule has 10 heteroatoms. The van der Waals surface area contributed by atoms with Gasteiger partial charge in [0, 0.05) is 0 Å². The van der Waals surface area contributed by atoms with Crippen LogP contribution in [0.3, 0.4) is 0 Å². The van der Waals surface area contributed by atoms with Gasteiger partial charge in [0.1, 0.15) is 10.6 Å². The Labute approximate surface area is 140 Å². The first-order valence-corrected chi connectivity index (χ1v) is 8.71. The Morgan fingerprint density at radius 3 is 2.71 bits per heavy atom. The quantitative estimate of drug-likeness (QED) is 0.870. The van der Waals surface area contributed by atoms with Gasteiger partial charge in [-0.05, 0) is 36.1 Å². The van der Waals surface area contributed by atoms with Crippen molar-refractivity contribution in [2.24, 2.45) is 0 Å². The summed E-state index contributed by atoms with van der Waals surface area (Å²) in [5.41, 5.74) is 0.427. The van der Waals surface area contributed by atoms with Crippen LogP contribution in [0.1, 0.15) is 20.8 Å². The number of ether oxygens (including phenoxy) is 1. The van der Waals surface area contributed by atoms with Crippen LogP contribution in [-0.2, 0) is 10.0 Å². The van der Waals surface area contributed by atoms with E-state index in [0.29, 0.717) is 5.56 Å². The minimum Gasteiger partial charge on any atom is -0.433 e. The first-order valence-electron chi connectivity index (χ1n) is 6.35. The molecule has 1 aromatic heterocycles. The van der Waals surface area contributed by atoms with E-state index in [-0.39, 0.29) is 15.3 Å². The van der Waals surface area contributed by atoms with Crippen LogP contribution in [0.2, 0.25) is 0 Å². The summed E-state index contributed by atoms with van der Waals surface area (Å²) >= 11 is 0.760. The van der Waals surface area contributed by atoms with Crippen molar-refractivity contribution < 1.29 is 26.7 Å². The Balaban J connectivity index is 2.32. The number of halogens is 2. The highest BCUT2D eigenvalue weighted by atomic mass is 32.2. The summed E-state index contributed by atoms with van der Waals surface area (Å²) in [6, 6.07) is 6.92. The van der Waals surface area contributed by atoms with Crippen molar-refractivity contribution in [3.63, 3.8) is 0 Å². The van der Waals surface area contributed by atoms with Crippen LogP contribution >= 0.6 is 11.3 Å². The van der Waals surface area contributed by atoms with Gasteiger partial charge in [-0.2, -0.15) is 14.0 Å². The molecule has 0 spiro atoms. The lowest BCUT2D eigenvalue weighted by molar-refractivity contribution is -0.0498. The number of carbonyl (C=O) groups excluding carboxylic acids is 1. The van der Waals surface area contributed by atoms with Gasteiger partial charge in [0.2, 0.25) is 0 Å². The molecule has 0 aliphatic rings. The lowest BCUT2D eigenvalue weighted by Gasteiger charge is -2.10. The molecule has 0 fully saturated rings. The number of hydrogen-bond donors (Lipinski definition) is 1. The molecule has 2 rings (SSSR count). The molecule has 1 heterocycles. The number of nitrogens with one attached hydrogen (secondary N) is 1. The fraction of sp³-hybridized carbons (Fsp3) is 0.143. The summed E-state index contributed by atoms with van der Waals surface area (Å²) in [5.74, 6) is -1.51. The maximum Gasteiger partial charge on any atom is 0.387 e. The molecule has 1 N–H and O–H groups in total. The molecule has 0 radical (unpaired) electrons. The number of hydrogen-bond acceptors (Lipinski definition) is 6. The second-order valence-electron chi connectivity index (χ2n) is 4.52. The van der Waals surface area contributed by atoms with Gasteiger partial charge < -0.3 is 4.74 Å². The first-order chi connectivity index (χ1) is 11.2. The predicted molar refractivity (Wildman–Crippen MR) is 81.5 cm³/mol. The molecular weight excluding hydrogens is 362 g/mol. The van der Waals surface area contributed by atoms with Gasteiger partial charge >= 0.3 is 6.61 Å². The van der Waals surface area contributed by atoms with Gasteiger partial charge in [0.15, 0.2) is 0 Å². The molecule has 0 aliphatic heterocycles. The Morgan fingerprint density at radius 2 is 2.08 bits per heavy atom. The third kappa shape index (κ3) is 3.87. The summed E-state index contributed by atoms with van der Waals surface area (Å²) in [6.07, 6.45) is 0. The molecule has 6 nitrogen and oxygen atoms in total. The SMILES string of the molecule is Cc1ccc(C#N)cc1S(=O)(=O)NC(=O)c1sccc1OC(F)F. The van der Waals surface area contributed by atoms with Crippen LogP contribution in [-0.4, -0.2) is 20.9 Å². The number of nitrogens with zero attached hydrogens (tertiary/aromatic N) is 1. The lowest BCUT2D eigenvalue weighted by Crippen LogP contribution is -2.31. The van der Waals surface area contributed by atoms with Gasteiger partial charge in [-0.15, -0.1) is 11.3 Å². The van der Waals surface area contributed by atoms with Gasteiger partial charge in [-0.3, -0.25) is 4.79 Å². The number of amides is 1. The molecule has 2 aromatic rings. The smallest absolute Gasteiger partial charge is 0.387 e. The third-order valence-corrected chi connectivity index (χ3v) is 5.25. The van der Waals surface area contributed by atoms with Gasteiger partial charge in [0.05, 0.1) is 16.5 Å². The molecule has 0 aliphatic carbocycles. The Morgan fingerprint density at radius 1 is 1.38 bits per heavy atom. The predicted octanol–water partition coefficient (Wildman–Crippen LogP) is 2.65. The zero-order valence-corrected chi connectivity index (χ0v) is 13.7. The van der Waals surface area contributed by atoms with Crippen LogP contribution in [0, 0.1) is 18.3 Å². The van der Waals surface area contributed by atoms with Crippen molar-refractivity contribution in [1.29, 1.82) is 5.26 Å². The van der Waals surface area contributed by atoms with Crippen molar-refractivity contribution in [3.8, 4) is 11.8 Å². The highest BCUT2D eigenvalue weighted by Crippen LogP contribution is 2.27. The number of rotatable bonds is 5. The molecule has 24 heavy (non-hydrogen) atoms. The molecule has 1 aromatic carbocycles. The molecule has 0 atom stereocenters. The van der Waals surface area contributed by atoms with E-state index in [0.717, 1.165) is 23.5 Å². The highest BCUT2D eigenvalue weighted by Gasteiger charge is 2.25. The maximum atomic E-state index is 12.3. The van der Waals surface area contributed by atoms with Crippen LogP contribution in [0.4, 0.5) is 8.78 Å². The Hall–Kier alpha value is -2.51. The normalized spacial score (nSPS) is 11.1. The maximum absolute atomic E-state index is 12.3. The van der Waals surface area contributed by atoms with E-state index < -0.39 is 28.3 Å². The average molecular weight is 372 g/mol. The van der Waals surface area contributed by atoms with Crippen molar-refractivity contribution >= 4 is 27.3 Å². The molecule has 0 saturated carbocycles. The fourth-order valence-corrected chi connectivity index (χ4v) is 3.85. The second-order valence-corrected chi connectivity index (χ2v) is 7.09. The van der Waals surface area contributed by atoms with Crippen molar-refractivity contribution in [3.05, 3.63) is 45.6 Å². The van der Waals surface area contributed by atoms with Crippen LogP contribution < -0.4 is 9.46 Å². The number of benzene rings is 1. The van der Waals surface area contributed by atoms with Crippen molar-refractivity contribution in [2.45, 2.75) is 18.4 Å². The van der Waals surface area contributed by atoms with Gasteiger partial charge in [-0.25, -0.2) is 13.1 Å². The third-order valence-electron chi connectivity index (χ3n) is 2.89. The molecule has 0 unspecified atom stereocenters. The van der Waals surface area contributed by atoms with E-state index in [1.165, 1.54) is 24.4 Å². The molecule has 1 amide bonds.